The molecule has 0 radical (unpaired) electrons. The van der Waals surface area contributed by atoms with Crippen molar-refractivity contribution in [1.82, 2.24) is 10.4 Å². The maximum atomic E-state index is 12.1. The minimum Gasteiger partial charge on any atom is -0.467 e. The highest BCUT2D eigenvalue weighted by Gasteiger charge is 2.36. The topological polar surface area (TPSA) is 88.1 Å². The molecule has 1 fully saturated rings. The molecule has 2 rings (SSSR count). The van der Waals surface area contributed by atoms with E-state index in [4.69, 9.17) is 4.84 Å². The second-order valence-corrected chi connectivity index (χ2v) is 5.09. The summed E-state index contributed by atoms with van der Waals surface area (Å²) in [5, 5.41) is 9.65. The lowest BCUT2D eigenvalue weighted by molar-refractivity contribution is -0.149. The number of methoxy groups -OCH3 is 1. The SMILES string of the molecule is COC(=O)[C@H]1C[C@@H](O)CCN1C(=O)NOCc1ccccc1. The van der Waals surface area contributed by atoms with Gasteiger partial charge in [-0.05, 0) is 12.0 Å². The fraction of sp³-hybridized carbons (Fsp3) is 0.467. The van der Waals surface area contributed by atoms with E-state index in [1.165, 1.54) is 12.0 Å². The minimum atomic E-state index is -0.797. The van der Waals surface area contributed by atoms with Gasteiger partial charge in [0, 0.05) is 13.0 Å². The van der Waals surface area contributed by atoms with Crippen LogP contribution in [0.3, 0.4) is 0 Å². The number of aliphatic hydroxyl groups excluding tert-OH is 1. The van der Waals surface area contributed by atoms with Gasteiger partial charge in [-0.2, -0.15) is 0 Å². The first-order valence-electron chi connectivity index (χ1n) is 7.10. The molecule has 1 aliphatic rings. The number of likely N-dealkylation sites (tertiary alicyclic amines) is 1. The molecular formula is C15H20N2O5. The molecule has 120 valence electrons. The highest BCUT2D eigenvalue weighted by atomic mass is 16.7. The van der Waals surface area contributed by atoms with E-state index < -0.39 is 24.1 Å². The predicted octanol–water partition coefficient (Wildman–Crippen LogP) is 0.826. The Balaban J connectivity index is 1.88. The van der Waals surface area contributed by atoms with Crippen molar-refractivity contribution in [3.8, 4) is 0 Å². The number of carbonyl (C=O) groups excluding carboxylic acids is 2. The number of carbonyl (C=O) groups is 2. The van der Waals surface area contributed by atoms with Crippen molar-refractivity contribution >= 4 is 12.0 Å². The molecule has 0 saturated carbocycles. The largest absolute Gasteiger partial charge is 0.467 e. The Labute approximate surface area is 128 Å². The van der Waals surface area contributed by atoms with E-state index in [1.54, 1.807) is 0 Å². The zero-order chi connectivity index (χ0) is 15.9. The molecule has 2 atom stereocenters. The summed E-state index contributed by atoms with van der Waals surface area (Å²) in [5.74, 6) is -0.544. The summed E-state index contributed by atoms with van der Waals surface area (Å²) >= 11 is 0. The lowest BCUT2D eigenvalue weighted by atomic mass is 10.00. The quantitative estimate of drug-likeness (QED) is 0.635. The van der Waals surface area contributed by atoms with Crippen molar-refractivity contribution < 1.29 is 24.3 Å². The number of esters is 1. The molecule has 1 saturated heterocycles. The Morgan fingerprint density at radius 1 is 1.36 bits per heavy atom. The molecule has 1 aromatic rings. The number of rotatable bonds is 4. The number of nitrogens with one attached hydrogen (secondary N) is 1. The van der Waals surface area contributed by atoms with Crippen LogP contribution in [0.2, 0.25) is 0 Å². The number of benzene rings is 1. The summed E-state index contributed by atoms with van der Waals surface area (Å²) in [7, 11) is 1.26. The molecule has 0 aliphatic carbocycles. The number of nitrogens with zero attached hydrogens (tertiary/aromatic N) is 1. The molecule has 0 aromatic heterocycles. The van der Waals surface area contributed by atoms with Crippen LogP contribution in [0.1, 0.15) is 18.4 Å². The van der Waals surface area contributed by atoms with E-state index in [1.807, 2.05) is 30.3 Å². The fourth-order valence-corrected chi connectivity index (χ4v) is 2.36. The van der Waals surface area contributed by atoms with Gasteiger partial charge < -0.3 is 14.7 Å². The number of hydrogen-bond donors (Lipinski definition) is 2. The number of piperidine rings is 1. The number of aliphatic hydroxyl groups is 1. The molecule has 2 N–H and O–H groups in total. The molecule has 1 aliphatic heterocycles. The molecule has 0 bridgehead atoms. The van der Waals surface area contributed by atoms with Gasteiger partial charge in [-0.25, -0.2) is 15.1 Å². The Hall–Kier alpha value is -2.12. The number of hydrogen-bond acceptors (Lipinski definition) is 5. The van der Waals surface area contributed by atoms with Gasteiger partial charge in [0.15, 0.2) is 0 Å². The van der Waals surface area contributed by atoms with Crippen LogP contribution in [-0.4, -0.2) is 47.8 Å². The van der Waals surface area contributed by atoms with Gasteiger partial charge in [-0.1, -0.05) is 30.3 Å². The molecule has 1 aromatic carbocycles. The van der Waals surface area contributed by atoms with Crippen molar-refractivity contribution in [3.05, 3.63) is 35.9 Å². The standard InChI is InChI=1S/C15H20N2O5/c1-21-14(19)13-9-12(18)7-8-17(13)15(20)16-22-10-11-5-3-2-4-6-11/h2-6,12-13,18H,7-10H2,1H3,(H,16,20)/t12-,13+/m0/s1. The van der Waals surface area contributed by atoms with Crippen molar-refractivity contribution in [2.24, 2.45) is 0 Å². The van der Waals surface area contributed by atoms with E-state index in [0.29, 0.717) is 6.42 Å². The first-order chi connectivity index (χ1) is 10.6. The molecule has 0 unspecified atom stereocenters. The van der Waals surface area contributed by atoms with Gasteiger partial charge >= 0.3 is 12.0 Å². The number of amides is 2. The summed E-state index contributed by atoms with van der Waals surface area (Å²) in [6, 6.07) is 8.08. The van der Waals surface area contributed by atoms with E-state index in [2.05, 4.69) is 10.2 Å². The number of hydroxylamine groups is 1. The number of urea groups is 1. The average molecular weight is 308 g/mol. The predicted molar refractivity (Wildman–Crippen MR) is 77.5 cm³/mol. The van der Waals surface area contributed by atoms with Gasteiger partial charge in [0.05, 0.1) is 19.8 Å². The lowest BCUT2D eigenvalue weighted by Gasteiger charge is -2.35. The smallest absolute Gasteiger partial charge is 0.342 e. The highest BCUT2D eigenvalue weighted by Crippen LogP contribution is 2.18. The Morgan fingerprint density at radius 2 is 2.09 bits per heavy atom. The third-order valence-corrected chi connectivity index (χ3v) is 3.55. The molecular weight excluding hydrogens is 288 g/mol. The third kappa shape index (κ3) is 4.19. The second-order valence-electron chi connectivity index (χ2n) is 5.09. The zero-order valence-corrected chi connectivity index (χ0v) is 12.4. The maximum absolute atomic E-state index is 12.1. The van der Waals surface area contributed by atoms with Gasteiger partial charge in [-0.15, -0.1) is 0 Å². The summed E-state index contributed by atoms with van der Waals surface area (Å²) < 4.78 is 4.68. The highest BCUT2D eigenvalue weighted by molar-refractivity contribution is 5.83. The molecule has 7 heteroatoms. The van der Waals surface area contributed by atoms with E-state index >= 15 is 0 Å². The van der Waals surface area contributed by atoms with Gasteiger partial charge in [0.1, 0.15) is 6.04 Å². The van der Waals surface area contributed by atoms with Gasteiger partial charge in [0.25, 0.3) is 0 Å². The van der Waals surface area contributed by atoms with Crippen LogP contribution in [0.4, 0.5) is 4.79 Å². The monoisotopic (exact) mass is 308 g/mol. The molecule has 0 spiro atoms. The molecule has 1 heterocycles. The van der Waals surface area contributed by atoms with Crippen LogP contribution in [0, 0.1) is 0 Å². The summed E-state index contributed by atoms with van der Waals surface area (Å²) in [6.07, 6.45) is -0.0309. The number of ether oxygens (including phenoxy) is 1. The first-order valence-corrected chi connectivity index (χ1v) is 7.10. The van der Waals surface area contributed by atoms with Crippen LogP contribution >= 0.6 is 0 Å². The van der Waals surface area contributed by atoms with Crippen LogP contribution < -0.4 is 5.48 Å². The molecule has 7 nitrogen and oxygen atoms in total. The maximum Gasteiger partial charge on any atom is 0.342 e. The Kier molecular flexibility index (Phi) is 5.74. The van der Waals surface area contributed by atoms with E-state index in [-0.39, 0.29) is 19.6 Å². The van der Waals surface area contributed by atoms with Crippen LogP contribution in [0.5, 0.6) is 0 Å². The van der Waals surface area contributed by atoms with Crippen molar-refractivity contribution in [2.75, 3.05) is 13.7 Å². The van der Waals surface area contributed by atoms with Crippen LogP contribution in [0.15, 0.2) is 30.3 Å². The summed E-state index contributed by atoms with van der Waals surface area (Å²) in [6.45, 7) is 0.493. The van der Waals surface area contributed by atoms with Crippen LogP contribution in [0.25, 0.3) is 0 Å². The summed E-state index contributed by atoms with van der Waals surface area (Å²) in [4.78, 5) is 30.3. The van der Waals surface area contributed by atoms with Crippen molar-refractivity contribution in [1.29, 1.82) is 0 Å². The fourth-order valence-electron chi connectivity index (χ4n) is 2.36. The summed E-state index contributed by atoms with van der Waals surface area (Å²) in [5.41, 5.74) is 3.24. The third-order valence-electron chi connectivity index (χ3n) is 3.55. The first kappa shape index (κ1) is 16.3. The second kappa shape index (κ2) is 7.77. The normalized spacial score (nSPS) is 21.3. The average Bonchev–Trinajstić information content (AvgIpc) is 2.54. The van der Waals surface area contributed by atoms with E-state index in [9.17, 15) is 14.7 Å². The zero-order valence-electron chi connectivity index (χ0n) is 12.4. The Bertz CT molecular complexity index is 508. The molecule has 22 heavy (non-hydrogen) atoms. The van der Waals surface area contributed by atoms with Crippen LogP contribution in [-0.2, 0) is 21.0 Å². The van der Waals surface area contributed by atoms with Gasteiger partial charge in [0.2, 0.25) is 0 Å². The van der Waals surface area contributed by atoms with Gasteiger partial charge in [-0.3, -0.25) is 4.84 Å². The molecule has 2 amide bonds. The van der Waals surface area contributed by atoms with Crippen molar-refractivity contribution in [2.45, 2.75) is 31.6 Å². The Morgan fingerprint density at radius 3 is 2.77 bits per heavy atom. The van der Waals surface area contributed by atoms with Crippen molar-refractivity contribution in [3.63, 3.8) is 0 Å². The lowest BCUT2D eigenvalue weighted by Crippen LogP contribution is -2.54. The minimum absolute atomic E-state index is 0.165. The van der Waals surface area contributed by atoms with E-state index in [0.717, 1.165) is 5.56 Å².